The summed E-state index contributed by atoms with van der Waals surface area (Å²) in [6.07, 6.45) is -3.55. The fourth-order valence-electron chi connectivity index (χ4n) is 4.18. The maximum atomic E-state index is 14.8. The SMILES string of the molecule is O=C(Nc1ccc(Nc2ccnc3c2C2OCCCN2C(=O)N3)cc1F)c1ccc(F)cc1C(F)(F)F. The molecule has 37 heavy (non-hydrogen) atoms. The number of pyridine rings is 1. The number of aromatic nitrogens is 1. The van der Waals surface area contributed by atoms with Gasteiger partial charge < -0.3 is 15.4 Å². The zero-order valence-corrected chi connectivity index (χ0v) is 18.8. The molecule has 1 atom stereocenters. The molecule has 0 bridgehead atoms. The Bertz CT molecular complexity index is 1400. The Morgan fingerprint density at radius 2 is 1.92 bits per heavy atom. The van der Waals surface area contributed by atoms with Crippen LogP contribution in [0.2, 0.25) is 0 Å². The van der Waals surface area contributed by atoms with Crippen LogP contribution in [0.15, 0.2) is 48.7 Å². The highest BCUT2D eigenvalue weighted by atomic mass is 19.4. The van der Waals surface area contributed by atoms with Gasteiger partial charge in [0.2, 0.25) is 0 Å². The highest BCUT2D eigenvalue weighted by Gasteiger charge is 2.38. The lowest BCUT2D eigenvalue weighted by molar-refractivity contribution is -0.138. The lowest BCUT2D eigenvalue weighted by Gasteiger charge is -2.40. The number of halogens is 5. The third-order valence-corrected chi connectivity index (χ3v) is 5.85. The number of carbonyl (C=O) groups is 2. The van der Waals surface area contributed by atoms with Crippen molar-refractivity contribution in [3.63, 3.8) is 0 Å². The van der Waals surface area contributed by atoms with Gasteiger partial charge in [-0.05, 0) is 48.9 Å². The number of fused-ring (bicyclic) bond motifs is 3. The molecule has 1 aromatic heterocycles. The zero-order chi connectivity index (χ0) is 26.3. The number of rotatable bonds is 4. The van der Waals surface area contributed by atoms with Gasteiger partial charge in [-0.2, -0.15) is 13.2 Å². The number of nitrogens with one attached hydrogen (secondary N) is 3. The lowest BCUT2D eigenvalue weighted by Crippen LogP contribution is -2.47. The summed E-state index contributed by atoms with van der Waals surface area (Å²) in [7, 11) is 0. The van der Waals surface area contributed by atoms with Crippen molar-refractivity contribution < 1.29 is 36.3 Å². The van der Waals surface area contributed by atoms with E-state index >= 15 is 0 Å². The summed E-state index contributed by atoms with van der Waals surface area (Å²) >= 11 is 0. The van der Waals surface area contributed by atoms with Gasteiger partial charge in [0.25, 0.3) is 5.91 Å². The highest BCUT2D eigenvalue weighted by molar-refractivity contribution is 6.05. The van der Waals surface area contributed by atoms with Crippen LogP contribution in [-0.4, -0.2) is 35.0 Å². The summed E-state index contributed by atoms with van der Waals surface area (Å²) in [6, 6.07) is 6.49. The molecule has 3 N–H and O–H groups in total. The first-order valence-electron chi connectivity index (χ1n) is 11.0. The van der Waals surface area contributed by atoms with Crippen LogP contribution < -0.4 is 16.0 Å². The first kappa shape index (κ1) is 24.4. The quantitative estimate of drug-likeness (QED) is 0.388. The fraction of sp³-hybridized carbons (Fsp3) is 0.208. The molecular formula is C24H18F5N5O3. The van der Waals surface area contributed by atoms with Crippen LogP contribution in [0.25, 0.3) is 0 Å². The van der Waals surface area contributed by atoms with E-state index in [0.29, 0.717) is 48.8 Å². The number of hydrogen-bond acceptors (Lipinski definition) is 5. The summed E-state index contributed by atoms with van der Waals surface area (Å²) in [4.78, 5) is 30.5. The molecule has 2 aliphatic rings. The summed E-state index contributed by atoms with van der Waals surface area (Å²) in [5.41, 5.74) is -1.41. The molecule has 13 heteroatoms. The Morgan fingerprint density at radius 3 is 2.68 bits per heavy atom. The number of urea groups is 1. The van der Waals surface area contributed by atoms with E-state index in [1.165, 1.54) is 23.2 Å². The molecule has 2 aromatic carbocycles. The van der Waals surface area contributed by atoms with E-state index in [1.54, 1.807) is 6.07 Å². The largest absolute Gasteiger partial charge is 0.417 e. The molecule has 0 radical (unpaired) electrons. The van der Waals surface area contributed by atoms with E-state index in [4.69, 9.17) is 4.74 Å². The van der Waals surface area contributed by atoms with Crippen molar-refractivity contribution in [1.82, 2.24) is 9.88 Å². The van der Waals surface area contributed by atoms with Crippen molar-refractivity contribution in [2.24, 2.45) is 0 Å². The summed E-state index contributed by atoms with van der Waals surface area (Å²) in [5, 5.41) is 7.81. The van der Waals surface area contributed by atoms with Crippen molar-refractivity contribution >= 4 is 34.8 Å². The Morgan fingerprint density at radius 1 is 1.11 bits per heavy atom. The molecule has 1 fully saturated rings. The second-order valence-corrected chi connectivity index (χ2v) is 8.28. The number of anilines is 4. The Kier molecular flexibility index (Phi) is 6.15. The molecule has 2 aliphatic heterocycles. The first-order chi connectivity index (χ1) is 17.6. The van der Waals surface area contributed by atoms with Crippen LogP contribution in [0.5, 0.6) is 0 Å². The molecule has 0 saturated carbocycles. The van der Waals surface area contributed by atoms with Gasteiger partial charge in [-0.15, -0.1) is 0 Å². The summed E-state index contributed by atoms with van der Waals surface area (Å²) in [5.74, 6) is -3.05. The predicted octanol–water partition coefficient (Wildman–Crippen LogP) is 5.64. The van der Waals surface area contributed by atoms with Gasteiger partial charge in [0.15, 0.2) is 6.23 Å². The minimum atomic E-state index is -4.98. The van der Waals surface area contributed by atoms with Crippen molar-refractivity contribution in [3.05, 3.63) is 77.0 Å². The molecular weight excluding hydrogens is 501 g/mol. The maximum absolute atomic E-state index is 14.8. The predicted molar refractivity (Wildman–Crippen MR) is 122 cm³/mol. The van der Waals surface area contributed by atoms with E-state index in [-0.39, 0.29) is 23.5 Å². The normalized spacial score (nSPS) is 16.9. The van der Waals surface area contributed by atoms with Crippen LogP contribution in [-0.2, 0) is 10.9 Å². The van der Waals surface area contributed by atoms with Crippen LogP contribution in [0.1, 0.15) is 34.1 Å². The molecule has 5 rings (SSSR count). The van der Waals surface area contributed by atoms with E-state index in [2.05, 4.69) is 20.9 Å². The minimum absolute atomic E-state index is 0.202. The number of nitrogens with zero attached hydrogens (tertiary/aromatic N) is 2. The first-order valence-corrected chi connectivity index (χ1v) is 11.0. The number of amides is 3. The average Bonchev–Trinajstić information content (AvgIpc) is 2.85. The van der Waals surface area contributed by atoms with Gasteiger partial charge in [-0.1, -0.05) is 0 Å². The molecule has 8 nitrogen and oxygen atoms in total. The zero-order valence-electron chi connectivity index (χ0n) is 18.8. The van der Waals surface area contributed by atoms with Crippen LogP contribution >= 0.6 is 0 Å². The second-order valence-electron chi connectivity index (χ2n) is 8.28. The third kappa shape index (κ3) is 4.77. The molecule has 1 unspecified atom stereocenters. The molecule has 192 valence electrons. The van der Waals surface area contributed by atoms with Crippen LogP contribution in [0, 0.1) is 11.6 Å². The smallest absolute Gasteiger partial charge is 0.355 e. The van der Waals surface area contributed by atoms with E-state index < -0.39 is 41.1 Å². The Balaban J connectivity index is 1.38. The van der Waals surface area contributed by atoms with E-state index in [1.807, 2.05) is 0 Å². The van der Waals surface area contributed by atoms with Gasteiger partial charge in [-0.25, -0.2) is 18.6 Å². The van der Waals surface area contributed by atoms with E-state index in [0.717, 1.165) is 6.07 Å². The maximum Gasteiger partial charge on any atom is 0.417 e. The molecule has 3 amide bonds. The van der Waals surface area contributed by atoms with Gasteiger partial charge in [0.05, 0.1) is 34.7 Å². The summed E-state index contributed by atoms with van der Waals surface area (Å²) < 4.78 is 73.7. The Hall–Kier alpha value is -4.26. The molecule has 3 aromatic rings. The number of alkyl halides is 3. The highest BCUT2D eigenvalue weighted by Crippen LogP contribution is 2.40. The number of benzene rings is 2. The van der Waals surface area contributed by atoms with Crippen LogP contribution in [0.4, 0.5) is 49.6 Å². The van der Waals surface area contributed by atoms with Crippen molar-refractivity contribution in [1.29, 1.82) is 0 Å². The van der Waals surface area contributed by atoms with Gasteiger partial charge >= 0.3 is 12.2 Å². The minimum Gasteiger partial charge on any atom is -0.355 e. The standard InChI is InChI=1S/C24H18F5N5O3/c25-12-2-4-14(15(10-12)24(27,28)29)21(35)32-17-5-3-13(11-16(17)26)31-18-6-7-30-20-19(18)22-34(23(36)33-20)8-1-9-37-22/h2-7,10-11,22H,1,8-9H2,(H,32,35)(H2,30,31,33,36). The van der Waals surface area contributed by atoms with Crippen molar-refractivity contribution in [3.8, 4) is 0 Å². The number of carbonyl (C=O) groups excluding carboxylic acids is 2. The third-order valence-electron chi connectivity index (χ3n) is 5.85. The van der Waals surface area contributed by atoms with Crippen molar-refractivity contribution in [2.75, 3.05) is 29.1 Å². The molecule has 0 spiro atoms. The molecule has 0 aliphatic carbocycles. The lowest BCUT2D eigenvalue weighted by atomic mass is 10.1. The van der Waals surface area contributed by atoms with Crippen LogP contribution in [0.3, 0.4) is 0 Å². The molecule has 1 saturated heterocycles. The number of hydrogen-bond donors (Lipinski definition) is 3. The topological polar surface area (TPSA) is 95.6 Å². The fourth-order valence-corrected chi connectivity index (χ4v) is 4.18. The average molecular weight is 519 g/mol. The number of ether oxygens (including phenoxy) is 1. The summed E-state index contributed by atoms with van der Waals surface area (Å²) in [6.45, 7) is 0.923. The van der Waals surface area contributed by atoms with Gasteiger partial charge in [-0.3, -0.25) is 15.0 Å². The van der Waals surface area contributed by atoms with Gasteiger partial charge in [0.1, 0.15) is 17.5 Å². The van der Waals surface area contributed by atoms with E-state index in [9.17, 15) is 31.5 Å². The monoisotopic (exact) mass is 519 g/mol. The second kappa shape index (κ2) is 9.32. The van der Waals surface area contributed by atoms with Gasteiger partial charge in [0, 0.05) is 18.4 Å². The molecule has 3 heterocycles. The van der Waals surface area contributed by atoms with Crippen molar-refractivity contribution in [2.45, 2.75) is 18.8 Å². The Labute approximate surface area is 206 Å².